The van der Waals surface area contributed by atoms with Crippen LogP contribution in [0.3, 0.4) is 0 Å². The molecule has 28 heavy (non-hydrogen) atoms. The van der Waals surface area contributed by atoms with Gasteiger partial charge >= 0.3 is 0 Å². The maximum Gasteiger partial charge on any atom is 0.294 e. The molecule has 1 aromatic heterocycles. The standard InChI is InChI=1S/C18H11ClF2N2O5/c19-10-1-4-14(15(7-10)23(25)26)22-18(24)17-6-3-12(28-17)9-27-16-5-2-11(20)8-13(16)21/h1-8H,9H2,(H,22,24). The van der Waals surface area contributed by atoms with E-state index in [4.69, 9.17) is 20.8 Å². The number of nitro groups is 1. The zero-order chi connectivity index (χ0) is 20.3. The van der Waals surface area contributed by atoms with E-state index < -0.39 is 22.5 Å². The molecule has 144 valence electrons. The summed E-state index contributed by atoms with van der Waals surface area (Å²) in [4.78, 5) is 22.6. The van der Waals surface area contributed by atoms with Gasteiger partial charge in [-0.15, -0.1) is 0 Å². The fourth-order valence-electron chi connectivity index (χ4n) is 2.26. The smallest absolute Gasteiger partial charge is 0.294 e. The van der Waals surface area contributed by atoms with E-state index in [9.17, 15) is 23.7 Å². The van der Waals surface area contributed by atoms with Crippen molar-refractivity contribution >= 4 is 28.9 Å². The predicted molar refractivity (Wildman–Crippen MR) is 95.5 cm³/mol. The molecule has 7 nitrogen and oxygen atoms in total. The molecule has 0 aliphatic rings. The Kier molecular flexibility index (Phi) is 5.55. The largest absolute Gasteiger partial charge is 0.483 e. The predicted octanol–water partition coefficient (Wildman–Crippen LogP) is 4.95. The molecular formula is C18H11ClF2N2O5. The van der Waals surface area contributed by atoms with Crippen molar-refractivity contribution in [3.8, 4) is 5.75 Å². The molecule has 1 N–H and O–H groups in total. The van der Waals surface area contributed by atoms with Crippen molar-refractivity contribution in [1.29, 1.82) is 0 Å². The Labute approximate surface area is 161 Å². The first kappa shape index (κ1) is 19.3. The summed E-state index contributed by atoms with van der Waals surface area (Å²) in [5.74, 6) is -2.47. The summed E-state index contributed by atoms with van der Waals surface area (Å²) in [6, 6.07) is 9.39. The van der Waals surface area contributed by atoms with Crippen LogP contribution >= 0.6 is 11.6 Å². The molecule has 3 rings (SSSR count). The van der Waals surface area contributed by atoms with Crippen LogP contribution < -0.4 is 10.1 Å². The highest BCUT2D eigenvalue weighted by Crippen LogP contribution is 2.28. The number of nitro benzene ring substituents is 1. The Morgan fingerprint density at radius 1 is 1.18 bits per heavy atom. The fraction of sp³-hybridized carbons (Fsp3) is 0.0556. The number of halogens is 3. The van der Waals surface area contributed by atoms with Crippen molar-refractivity contribution in [2.45, 2.75) is 6.61 Å². The number of hydrogen-bond donors (Lipinski definition) is 1. The number of carbonyl (C=O) groups is 1. The van der Waals surface area contributed by atoms with Crippen LogP contribution in [0.4, 0.5) is 20.2 Å². The van der Waals surface area contributed by atoms with E-state index in [1.54, 1.807) is 0 Å². The lowest BCUT2D eigenvalue weighted by Crippen LogP contribution is -2.12. The number of anilines is 1. The number of carbonyl (C=O) groups excluding carboxylic acids is 1. The summed E-state index contributed by atoms with van der Waals surface area (Å²) in [6.07, 6.45) is 0. The van der Waals surface area contributed by atoms with E-state index in [2.05, 4.69) is 5.32 Å². The zero-order valence-corrected chi connectivity index (χ0v) is 14.7. The van der Waals surface area contributed by atoms with E-state index in [1.807, 2.05) is 0 Å². The van der Waals surface area contributed by atoms with Gasteiger partial charge in [0, 0.05) is 17.2 Å². The minimum Gasteiger partial charge on any atom is -0.483 e. The molecule has 0 fully saturated rings. The topological polar surface area (TPSA) is 94.6 Å². The molecule has 0 saturated carbocycles. The molecule has 0 aliphatic carbocycles. The average Bonchev–Trinajstić information content (AvgIpc) is 3.11. The van der Waals surface area contributed by atoms with Crippen LogP contribution in [0, 0.1) is 21.7 Å². The third-order valence-corrected chi connectivity index (χ3v) is 3.79. The van der Waals surface area contributed by atoms with Gasteiger partial charge in [0.15, 0.2) is 17.3 Å². The molecule has 1 heterocycles. The molecule has 1 amide bonds. The highest BCUT2D eigenvalue weighted by molar-refractivity contribution is 6.31. The second kappa shape index (κ2) is 8.05. The van der Waals surface area contributed by atoms with Crippen LogP contribution in [0.15, 0.2) is 52.9 Å². The molecule has 2 aromatic carbocycles. The van der Waals surface area contributed by atoms with Crippen LogP contribution in [0.5, 0.6) is 5.75 Å². The maximum absolute atomic E-state index is 13.5. The van der Waals surface area contributed by atoms with Gasteiger partial charge in [-0.1, -0.05) is 11.6 Å². The van der Waals surface area contributed by atoms with Crippen molar-refractivity contribution in [1.82, 2.24) is 0 Å². The number of benzene rings is 2. The van der Waals surface area contributed by atoms with Crippen LogP contribution in [0.1, 0.15) is 16.3 Å². The van der Waals surface area contributed by atoms with Crippen molar-refractivity contribution in [3.05, 3.63) is 86.8 Å². The Bertz CT molecular complexity index is 1050. The molecule has 0 spiro atoms. The fourth-order valence-corrected chi connectivity index (χ4v) is 2.43. The van der Waals surface area contributed by atoms with Crippen LogP contribution in [0.2, 0.25) is 5.02 Å². The van der Waals surface area contributed by atoms with E-state index in [1.165, 1.54) is 24.3 Å². The maximum atomic E-state index is 13.5. The zero-order valence-electron chi connectivity index (χ0n) is 13.9. The molecule has 3 aromatic rings. The molecule has 0 bridgehead atoms. The second-order valence-electron chi connectivity index (χ2n) is 5.50. The molecule has 0 unspecified atom stereocenters. The Morgan fingerprint density at radius 2 is 1.96 bits per heavy atom. The molecule has 0 atom stereocenters. The lowest BCUT2D eigenvalue weighted by Gasteiger charge is -2.06. The first-order valence-corrected chi connectivity index (χ1v) is 8.13. The van der Waals surface area contributed by atoms with Crippen molar-refractivity contribution in [3.63, 3.8) is 0 Å². The lowest BCUT2D eigenvalue weighted by atomic mass is 10.2. The summed E-state index contributed by atoms with van der Waals surface area (Å²) in [6.45, 7) is -0.211. The second-order valence-corrected chi connectivity index (χ2v) is 5.94. The van der Waals surface area contributed by atoms with Gasteiger partial charge in [0.25, 0.3) is 11.6 Å². The number of nitrogens with zero attached hydrogens (tertiary/aromatic N) is 1. The Morgan fingerprint density at radius 3 is 2.68 bits per heavy atom. The molecular weight excluding hydrogens is 398 g/mol. The SMILES string of the molecule is O=C(Nc1ccc(Cl)cc1[N+](=O)[O-])c1ccc(COc2ccc(F)cc2F)o1. The number of amides is 1. The Hall–Kier alpha value is -3.46. The normalized spacial score (nSPS) is 10.5. The van der Waals surface area contributed by atoms with E-state index in [0.29, 0.717) is 6.07 Å². The minimum absolute atomic E-state index is 0.0537. The molecule has 0 radical (unpaired) electrons. The molecule has 0 saturated heterocycles. The van der Waals surface area contributed by atoms with Gasteiger partial charge in [-0.2, -0.15) is 0 Å². The van der Waals surface area contributed by atoms with Crippen molar-refractivity contribution in [2.75, 3.05) is 5.32 Å². The monoisotopic (exact) mass is 408 g/mol. The quantitative estimate of drug-likeness (QED) is 0.460. The number of rotatable bonds is 6. The average molecular weight is 409 g/mol. The van der Waals surface area contributed by atoms with Crippen LogP contribution in [-0.4, -0.2) is 10.8 Å². The number of furan rings is 1. The van der Waals surface area contributed by atoms with E-state index in [-0.39, 0.29) is 40.3 Å². The first-order chi connectivity index (χ1) is 13.3. The van der Waals surface area contributed by atoms with Gasteiger partial charge < -0.3 is 14.5 Å². The highest BCUT2D eigenvalue weighted by atomic mass is 35.5. The van der Waals surface area contributed by atoms with E-state index in [0.717, 1.165) is 18.2 Å². The van der Waals surface area contributed by atoms with Crippen molar-refractivity contribution < 1.29 is 27.7 Å². The van der Waals surface area contributed by atoms with Crippen molar-refractivity contribution in [2.24, 2.45) is 0 Å². The van der Waals surface area contributed by atoms with Gasteiger partial charge in [0.1, 0.15) is 23.9 Å². The number of hydrogen-bond acceptors (Lipinski definition) is 5. The van der Waals surface area contributed by atoms with Gasteiger partial charge in [-0.05, 0) is 36.4 Å². The minimum atomic E-state index is -0.875. The van der Waals surface area contributed by atoms with Gasteiger partial charge in [0.05, 0.1) is 4.92 Å². The Balaban J connectivity index is 1.68. The summed E-state index contributed by atoms with van der Waals surface area (Å²) in [5.41, 5.74) is -0.426. The van der Waals surface area contributed by atoms with Crippen LogP contribution in [0.25, 0.3) is 0 Å². The summed E-state index contributed by atoms with van der Waals surface area (Å²) in [5, 5.41) is 13.6. The summed E-state index contributed by atoms with van der Waals surface area (Å²) in [7, 11) is 0. The summed E-state index contributed by atoms with van der Waals surface area (Å²) < 4.78 is 36.9. The number of ether oxygens (including phenoxy) is 1. The van der Waals surface area contributed by atoms with Gasteiger partial charge in [-0.25, -0.2) is 8.78 Å². The van der Waals surface area contributed by atoms with Crippen LogP contribution in [-0.2, 0) is 6.61 Å². The molecule has 10 heteroatoms. The van der Waals surface area contributed by atoms with E-state index >= 15 is 0 Å². The molecule has 0 aliphatic heterocycles. The van der Waals surface area contributed by atoms with Gasteiger partial charge in [-0.3, -0.25) is 14.9 Å². The first-order valence-electron chi connectivity index (χ1n) is 7.75. The number of nitrogens with one attached hydrogen (secondary N) is 1. The summed E-state index contributed by atoms with van der Waals surface area (Å²) >= 11 is 5.73. The highest BCUT2D eigenvalue weighted by Gasteiger charge is 2.19. The van der Waals surface area contributed by atoms with Gasteiger partial charge in [0.2, 0.25) is 0 Å². The third-order valence-electron chi connectivity index (χ3n) is 3.55. The lowest BCUT2D eigenvalue weighted by molar-refractivity contribution is -0.383. The third kappa shape index (κ3) is 4.44.